The fraction of sp³-hybridized carbons (Fsp3) is 0.111. The highest BCUT2D eigenvalue weighted by molar-refractivity contribution is 7.98. The normalized spacial score (nSPS) is 16.8. The van der Waals surface area contributed by atoms with Crippen LogP contribution in [0.5, 0.6) is 0 Å². The molecule has 22 heavy (non-hydrogen) atoms. The monoisotopic (exact) mass is 308 g/mol. The van der Waals surface area contributed by atoms with Gasteiger partial charge in [-0.3, -0.25) is 9.80 Å². The molecule has 0 amide bonds. The Labute approximate surface area is 134 Å². The summed E-state index contributed by atoms with van der Waals surface area (Å²) in [6.07, 6.45) is 7.84. The maximum absolute atomic E-state index is 10.7. The van der Waals surface area contributed by atoms with Gasteiger partial charge in [-0.1, -0.05) is 36.4 Å². The molecule has 1 aliphatic rings. The zero-order valence-electron chi connectivity index (χ0n) is 12.2. The molecule has 0 radical (unpaired) electrons. The number of thioether (sulfide) groups is 1. The van der Waals surface area contributed by atoms with E-state index in [0.29, 0.717) is 0 Å². The van der Waals surface area contributed by atoms with Crippen LogP contribution >= 0.6 is 11.8 Å². The maximum atomic E-state index is 10.7. The summed E-state index contributed by atoms with van der Waals surface area (Å²) >= 11 is 1.72. The Balaban J connectivity index is 2.06. The number of hydrogen-bond donors (Lipinski definition) is 0. The summed E-state index contributed by atoms with van der Waals surface area (Å²) in [5.74, 6) is 0. The number of nitrogens with zero attached hydrogens (tertiary/aromatic N) is 2. The van der Waals surface area contributed by atoms with Crippen molar-refractivity contribution in [1.29, 1.82) is 0 Å². The summed E-state index contributed by atoms with van der Waals surface area (Å²) < 4.78 is 0. The Kier molecular flexibility index (Phi) is 4.39. The minimum Gasteiger partial charge on any atom is -0.299 e. The summed E-state index contributed by atoms with van der Waals surface area (Å²) in [6.45, 7) is 0. The van der Waals surface area contributed by atoms with Crippen molar-refractivity contribution in [3.63, 3.8) is 0 Å². The molecule has 2 aromatic rings. The van der Waals surface area contributed by atoms with Crippen LogP contribution in [0.15, 0.2) is 70.8 Å². The van der Waals surface area contributed by atoms with Crippen LogP contribution in [0.2, 0.25) is 0 Å². The summed E-state index contributed by atoms with van der Waals surface area (Å²) in [4.78, 5) is 11.9. The topological polar surface area (TPSA) is 32.7 Å². The van der Waals surface area contributed by atoms with Crippen molar-refractivity contribution in [1.82, 2.24) is 5.01 Å². The van der Waals surface area contributed by atoms with Crippen molar-refractivity contribution >= 4 is 24.3 Å². The van der Waals surface area contributed by atoms with Crippen LogP contribution < -0.4 is 0 Å². The van der Waals surface area contributed by atoms with E-state index in [9.17, 15) is 4.79 Å². The van der Waals surface area contributed by atoms with E-state index in [2.05, 4.69) is 47.8 Å². The summed E-state index contributed by atoms with van der Waals surface area (Å²) in [6, 6.07) is 16.7. The molecule has 0 spiro atoms. The van der Waals surface area contributed by atoms with E-state index in [1.54, 1.807) is 18.0 Å². The molecule has 1 atom stereocenters. The van der Waals surface area contributed by atoms with Gasteiger partial charge in [-0.25, -0.2) is 0 Å². The van der Waals surface area contributed by atoms with Gasteiger partial charge in [0.25, 0.3) is 0 Å². The Morgan fingerprint density at radius 3 is 2.64 bits per heavy atom. The Morgan fingerprint density at radius 2 is 1.91 bits per heavy atom. The van der Waals surface area contributed by atoms with E-state index >= 15 is 0 Å². The highest BCUT2D eigenvalue weighted by atomic mass is 32.2. The fourth-order valence-corrected chi connectivity index (χ4v) is 2.99. The van der Waals surface area contributed by atoms with E-state index in [-0.39, 0.29) is 6.04 Å². The number of aldehydes is 1. The third-order valence-electron chi connectivity index (χ3n) is 3.63. The van der Waals surface area contributed by atoms with Gasteiger partial charge in [0, 0.05) is 16.7 Å². The fourth-order valence-electron chi connectivity index (χ4n) is 2.58. The van der Waals surface area contributed by atoms with E-state index in [1.165, 1.54) is 16.5 Å². The van der Waals surface area contributed by atoms with Crippen LogP contribution in [-0.4, -0.2) is 23.8 Å². The largest absolute Gasteiger partial charge is 0.299 e. The van der Waals surface area contributed by atoms with Crippen molar-refractivity contribution in [3.05, 3.63) is 77.5 Å². The van der Waals surface area contributed by atoms with Gasteiger partial charge in [-0.15, -0.1) is 11.8 Å². The number of allylic oxidation sites excluding steroid dienone is 1. The van der Waals surface area contributed by atoms with Crippen molar-refractivity contribution in [3.8, 4) is 0 Å². The van der Waals surface area contributed by atoms with E-state index in [1.807, 2.05) is 23.4 Å². The minimum absolute atomic E-state index is 0.0201. The van der Waals surface area contributed by atoms with Gasteiger partial charge < -0.3 is 0 Å². The molecule has 1 heterocycles. The van der Waals surface area contributed by atoms with Gasteiger partial charge in [-0.05, 0) is 35.6 Å². The zero-order chi connectivity index (χ0) is 15.4. The number of hydrogen-bond acceptors (Lipinski definition) is 4. The first kappa shape index (κ1) is 14.6. The van der Waals surface area contributed by atoms with Gasteiger partial charge in [0.2, 0.25) is 0 Å². The number of benzene rings is 2. The van der Waals surface area contributed by atoms with Gasteiger partial charge in [-0.2, -0.15) is 5.10 Å². The molecule has 0 saturated heterocycles. The van der Waals surface area contributed by atoms with Crippen molar-refractivity contribution in [2.75, 3.05) is 6.26 Å². The Bertz CT molecular complexity index is 722. The highest BCUT2D eigenvalue weighted by Gasteiger charge is 2.24. The molecule has 0 aromatic heterocycles. The molecule has 0 saturated carbocycles. The van der Waals surface area contributed by atoms with E-state index in [0.717, 1.165) is 17.4 Å². The Hall–Kier alpha value is -2.33. The molecule has 3 rings (SSSR count). The first-order chi connectivity index (χ1) is 10.8. The maximum Gasteiger partial charge on any atom is 0.144 e. The molecule has 4 heteroatoms. The average Bonchev–Trinajstić information content (AvgIpc) is 2.59. The predicted molar refractivity (Wildman–Crippen MR) is 91.1 cm³/mol. The molecule has 0 N–H and O–H groups in total. The van der Waals surface area contributed by atoms with Crippen LogP contribution in [0.25, 0.3) is 0 Å². The first-order valence-corrected chi connectivity index (χ1v) is 8.23. The van der Waals surface area contributed by atoms with Crippen LogP contribution in [0, 0.1) is 0 Å². The molecule has 110 valence electrons. The molecule has 0 fully saturated rings. The van der Waals surface area contributed by atoms with Crippen molar-refractivity contribution < 1.29 is 4.79 Å². The number of carbonyl (C=O) groups excluding carboxylic acids is 1. The number of hydrazone groups is 1. The smallest absolute Gasteiger partial charge is 0.144 e. The van der Waals surface area contributed by atoms with Crippen LogP contribution in [0.3, 0.4) is 0 Å². The Morgan fingerprint density at radius 1 is 1.14 bits per heavy atom. The number of fused-ring (bicyclic) bond motifs is 1. The number of rotatable bonds is 4. The molecule has 0 unspecified atom stereocenters. The summed E-state index contributed by atoms with van der Waals surface area (Å²) in [5, 5.41) is 6.29. The second-order valence-corrected chi connectivity index (χ2v) is 5.79. The lowest BCUT2D eigenvalue weighted by atomic mass is 9.93. The second kappa shape index (κ2) is 6.62. The van der Waals surface area contributed by atoms with Crippen molar-refractivity contribution in [2.45, 2.75) is 10.9 Å². The molecule has 1 aliphatic heterocycles. The van der Waals surface area contributed by atoms with Crippen LogP contribution in [0.1, 0.15) is 22.7 Å². The van der Waals surface area contributed by atoms with Crippen LogP contribution in [-0.2, 0) is 4.79 Å². The van der Waals surface area contributed by atoms with Gasteiger partial charge in [0.15, 0.2) is 0 Å². The van der Waals surface area contributed by atoms with Gasteiger partial charge >= 0.3 is 0 Å². The number of carbonyl (C=O) groups is 1. The predicted octanol–water partition coefficient (Wildman–Crippen LogP) is 3.86. The van der Waals surface area contributed by atoms with E-state index < -0.39 is 0 Å². The van der Waals surface area contributed by atoms with Gasteiger partial charge in [0.05, 0.1) is 6.21 Å². The lowest BCUT2D eigenvalue weighted by molar-refractivity contribution is -0.104. The lowest BCUT2D eigenvalue weighted by Gasteiger charge is -2.31. The molecular weight excluding hydrogens is 292 g/mol. The average molecular weight is 308 g/mol. The zero-order valence-corrected chi connectivity index (χ0v) is 13.0. The third kappa shape index (κ3) is 2.83. The summed E-state index contributed by atoms with van der Waals surface area (Å²) in [7, 11) is 0. The molecular formula is C18H16N2OS. The third-order valence-corrected chi connectivity index (χ3v) is 4.38. The lowest BCUT2D eigenvalue weighted by Crippen LogP contribution is -2.24. The summed E-state index contributed by atoms with van der Waals surface area (Å²) in [5.41, 5.74) is 3.44. The minimum atomic E-state index is -0.0201. The first-order valence-electron chi connectivity index (χ1n) is 7.00. The van der Waals surface area contributed by atoms with E-state index in [4.69, 9.17) is 0 Å². The second-order valence-electron chi connectivity index (χ2n) is 4.91. The highest BCUT2D eigenvalue weighted by Crippen LogP contribution is 2.34. The van der Waals surface area contributed by atoms with Crippen LogP contribution in [0.4, 0.5) is 0 Å². The molecule has 0 bridgehead atoms. The standard InChI is InChI=1S/C18H16N2OS/c1-22-16-9-7-14(8-10-16)18-17-6-3-2-5-15(17)13-19-20(18)11-4-12-21/h2-13,18H,1H3/t18-/m0/s1. The molecule has 0 aliphatic carbocycles. The van der Waals surface area contributed by atoms with Gasteiger partial charge in [0.1, 0.15) is 12.3 Å². The SMILES string of the molecule is CSc1ccc([C@H]2c3ccccc3C=NN2C=CC=O)cc1. The molecule has 3 nitrogen and oxygen atoms in total. The quantitative estimate of drug-likeness (QED) is 0.488. The molecule has 2 aromatic carbocycles. The van der Waals surface area contributed by atoms with Crippen molar-refractivity contribution in [2.24, 2.45) is 5.10 Å².